The highest BCUT2D eigenvalue weighted by molar-refractivity contribution is 8.00. The summed E-state index contributed by atoms with van der Waals surface area (Å²) in [5, 5.41) is 8.76. The number of benzene rings is 1. The van der Waals surface area contributed by atoms with Crippen LogP contribution in [-0.4, -0.2) is 15.8 Å². The summed E-state index contributed by atoms with van der Waals surface area (Å²) in [6.07, 6.45) is 0.172. The van der Waals surface area contributed by atoms with Crippen molar-refractivity contribution in [1.82, 2.24) is 0 Å². The van der Waals surface area contributed by atoms with Gasteiger partial charge in [0.15, 0.2) is 0 Å². The third kappa shape index (κ3) is 4.38. The normalized spacial score (nSPS) is 11.4. The van der Waals surface area contributed by atoms with E-state index < -0.39 is 5.97 Å². The molecule has 0 aliphatic heterocycles. The zero-order valence-corrected chi connectivity index (χ0v) is 10.1. The van der Waals surface area contributed by atoms with Crippen LogP contribution < -0.4 is 0 Å². The Morgan fingerprint density at radius 2 is 1.87 bits per heavy atom. The largest absolute Gasteiger partial charge is 0.481 e. The molecule has 0 saturated carbocycles. The SMILES string of the molecule is Cc1ccc(SC(C)(C)CC(=O)O)cc1. The van der Waals surface area contributed by atoms with E-state index in [9.17, 15) is 4.79 Å². The van der Waals surface area contributed by atoms with Crippen molar-refractivity contribution in [1.29, 1.82) is 0 Å². The van der Waals surface area contributed by atoms with Crippen molar-refractivity contribution in [3.05, 3.63) is 29.8 Å². The van der Waals surface area contributed by atoms with Gasteiger partial charge in [0.05, 0.1) is 6.42 Å². The fourth-order valence-electron chi connectivity index (χ4n) is 1.33. The van der Waals surface area contributed by atoms with Gasteiger partial charge in [0.25, 0.3) is 0 Å². The van der Waals surface area contributed by atoms with Crippen LogP contribution in [-0.2, 0) is 4.79 Å². The molecule has 0 amide bonds. The molecule has 1 rings (SSSR count). The molecule has 0 saturated heterocycles. The van der Waals surface area contributed by atoms with Gasteiger partial charge in [-0.25, -0.2) is 0 Å². The Bertz CT molecular complexity index is 341. The van der Waals surface area contributed by atoms with Crippen LogP contribution in [0.4, 0.5) is 0 Å². The quantitative estimate of drug-likeness (QED) is 0.797. The van der Waals surface area contributed by atoms with Crippen molar-refractivity contribution < 1.29 is 9.90 Å². The molecule has 0 aliphatic carbocycles. The molecule has 3 heteroatoms. The van der Waals surface area contributed by atoms with E-state index in [2.05, 4.69) is 0 Å². The highest BCUT2D eigenvalue weighted by atomic mass is 32.2. The standard InChI is InChI=1S/C12H16O2S/c1-9-4-6-10(7-5-9)15-12(2,3)8-11(13)14/h4-7H,8H2,1-3H3,(H,13,14). The van der Waals surface area contributed by atoms with Crippen LogP contribution in [0.15, 0.2) is 29.2 Å². The fourth-order valence-corrected chi connectivity index (χ4v) is 2.43. The summed E-state index contributed by atoms with van der Waals surface area (Å²) < 4.78 is -0.263. The van der Waals surface area contributed by atoms with Crippen molar-refractivity contribution in [2.24, 2.45) is 0 Å². The summed E-state index contributed by atoms with van der Waals surface area (Å²) in [6.45, 7) is 5.94. The monoisotopic (exact) mass is 224 g/mol. The lowest BCUT2D eigenvalue weighted by molar-refractivity contribution is -0.137. The summed E-state index contributed by atoms with van der Waals surface area (Å²) in [6, 6.07) is 8.14. The topological polar surface area (TPSA) is 37.3 Å². The lowest BCUT2D eigenvalue weighted by atomic mass is 10.1. The Kier molecular flexibility index (Phi) is 3.80. The van der Waals surface area contributed by atoms with Gasteiger partial charge in [-0.2, -0.15) is 0 Å². The van der Waals surface area contributed by atoms with Gasteiger partial charge in [0.2, 0.25) is 0 Å². The zero-order chi connectivity index (χ0) is 11.5. The van der Waals surface area contributed by atoms with Gasteiger partial charge >= 0.3 is 5.97 Å². The van der Waals surface area contributed by atoms with Crippen molar-refractivity contribution in [3.63, 3.8) is 0 Å². The third-order valence-electron chi connectivity index (χ3n) is 1.99. The first-order chi connectivity index (χ1) is 6.89. The van der Waals surface area contributed by atoms with E-state index in [4.69, 9.17) is 5.11 Å². The van der Waals surface area contributed by atoms with Gasteiger partial charge in [-0.05, 0) is 32.9 Å². The zero-order valence-electron chi connectivity index (χ0n) is 9.28. The van der Waals surface area contributed by atoms with Crippen molar-refractivity contribution in [2.75, 3.05) is 0 Å². The van der Waals surface area contributed by atoms with Crippen LogP contribution in [0, 0.1) is 6.92 Å². The van der Waals surface area contributed by atoms with Crippen molar-refractivity contribution in [2.45, 2.75) is 36.8 Å². The van der Waals surface area contributed by atoms with Gasteiger partial charge in [-0.3, -0.25) is 4.79 Å². The number of hydrogen-bond acceptors (Lipinski definition) is 2. The van der Waals surface area contributed by atoms with Crippen LogP contribution in [0.2, 0.25) is 0 Å². The smallest absolute Gasteiger partial charge is 0.304 e. The third-order valence-corrected chi connectivity index (χ3v) is 3.20. The molecule has 15 heavy (non-hydrogen) atoms. The van der Waals surface area contributed by atoms with E-state index in [0.717, 1.165) is 4.90 Å². The summed E-state index contributed by atoms with van der Waals surface area (Å²) >= 11 is 1.60. The molecule has 1 N–H and O–H groups in total. The molecular weight excluding hydrogens is 208 g/mol. The molecule has 82 valence electrons. The molecule has 0 radical (unpaired) electrons. The van der Waals surface area contributed by atoms with E-state index >= 15 is 0 Å². The highest BCUT2D eigenvalue weighted by Gasteiger charge is 2.22. The molecule has 0 fully saturated rings. The van der Waals surface area contributed by atoms with Crippen LogP contribution in [0.5, 0.6) is 0 Å². The van der Waals surface area contributed by atoms with Crippen molar-refractivity contribution >= 4 is 17.7 Å². The van der Waals surface area contributed by atoms with Gasteiger partial charge in [0.1, 0.15) is 0 Å². The average Bonchev–Trinajstić information content (AvgIpc) is 2.06. The Hall–Kier alpha value is -0.960. The first-order valence-corrected chi connectivity index (χ1v) is 5.68. The molecule has 0 spiro atoms. The Morgan fingerprint density at radius 1 is 1.33 bits per heavy atom. The number of carboxylic acid groups (broad SMARTS) is 1. The Balaban J connectivity index is 2.68. The van der Waals surface area contributed by atoms with E-state index in [1.165, 1.54) is 5.56 Å². The summed E-state index contributed by atoms with van der Waals surface area (Å²) in [5.74, 6) is -0.750. The minimum Gasteiger partial charge on any atom is -0.481 e. The van der Waals surface area contributed by atoms with Crippen LogP contribution in [0.1, 0.15) is 25.8 Å². The van der Waals surface area contributed by atoms with E-state index in [1.807, 2.05) is 45.0 Å². The molecule has 0 atom stereocenters. The predicted octanol–water partition coefficient (Wildman–Crippen LogP) is 3.34. The molecule has 0 bridgehead atoms. The second kappa shape index (κ2) is 4.71. The maximum Gasteiger partial charge on any atom is 0.304 e. The summed E-state index contributed by atoms with van der Waals surface area (Å²) in [7, 11) is 0. The number of carboxylic acids is 1. The lowest BCUT2D eigenvalue weighted by Gasteiger charge is -2.21. The van der Waals surface area contributed by atoms with E-state index in [0.29, 0.717) is 0 Å². The van der Waals surface area contributed by atoms with Gasteiger partial charge < -0.3 is 5.11 Å². The Morgan fingerprint density at radius 3 is 2.33 bits per heavy atom. The maximum absolute atomic E-state index is 10.6. The highest BCUT2D eigenvalue weighted by Crippen LogP contribution is 2.34. The number of aliphatic carboxylic acids is 1. The predicted molar refractivity (Wildman–Crippen MR) is 63.4 cm³/mol. The number of aryl methyl sites for hydroxylation is 1. The molecule has 0 aromatic heterocycles. The Labute approximate surface area is 94.7 Å². The second-order valence-electron chi connectivity index (χ2n) is 4.25. The van der Waals surface area contributed by atoms with Gasteiger partial charge in [0, 0.05) is 9.64 Å². The molecule has 2 nitrogen and oxygen atoms in total. The fraction of sp³-hybridized carbons (Fsp3) is 0.417. The number of carbonyl (C=O) groups is 1. The second-order valence-corrected chi connectivity index (χ2v) is 6.03. The minimum atomic E-state index is -0.750. The molecule has 0 aliphatic rings. The number of thioether (sulfide) groups is 1. The van der Waals surface area contributed by atoms with Gasteiger partial charge in [-0.15, -0.1) is 11.8 Å². The van der Waals surface area contributed by atoms with Crippen molar-refractivity contribution in [3.8, 4) is 0 Å². The summed E-state index contributed by atoms with van der Waals surface area (Å²) in [4.78, 5) is 11.8. The van der Waals surface area contributed by atoms with Crippen LogP contribution in [0.25, 0.3) is 0 Å². The molecule has 0 unspecified atom stereocenters. The molecule has 0 heterocycles. The van der Waals surface area contributed by atoms with Crippen LogP contribution >= 0.6 is 11.8 Å². The molecule has 1 aromatic rings. The molecular formula is C12H16O2S. The number of hydrogen-bond donors (Lipinski definition) is 1. The lowest BCUT2D eigenvalue weighted by Crippen LogP contribution is -2.19. The first kappa shape index (κ1) is 12.1. The summed E-state index contributed by atoms with van der Waals surface area (Å²) in [5.41, 5.74) is 1.22. The first-order valence-electron chi connectivity index (χ1n) is 4.86. The average molecular weight is 224 g/mol. The molecule has 1 aromatic carbocycles. The van der Waals surface area contributed by atoms with E-state index in [1.54, 1.807) is 11.8 Å². The van der Waals surface area contributed by atoms with Crippen LogP contribution in [0.3, 0.4) is 0 Å². The maximum atomic E-state index is 10.6. The van der Waals surface area contributed by atoms with Gasteiger partial charge in [-0.1, -0.05) is 17.7 Å². The van der Waals surface area contributed by atoms with E-state index in [-0.39, 0.29) is 11.2 Å². The minimum absolute atomic E-state index is 0.172. The number of rotatable bonds is 4.